The van der Waals surface area contributed by atoms with Crippen molar-refractivity contribution in [1.29, 1.82) is 0 Å². The van der Waals surface area contributed by atoms with Crippen LogP contribution in [0.1, 0.15) is 50.9 Å². The maximum atomic E-state index is 6.24. The van der Waals surface area contributed by atoms with Gasteiger partial charge in [-0.3, -0.25) is 0 Å². The third-order valence-electron chi connectivity index (χ3n) is 4.02. The number of aromatic amines is 1. The third-order valence-corrected chi connectivity index (χ3v) is 4.02. The summed E-state index contributed by atoms with van der Waals surface area (Å²) in [5.74, 6) is 1.19. The molecule has 0 aliphatic rings. The highest BCUT2D eigenvalue weighted by molar-refractivity contribution is 5.81. The highest BCUT2D eigenvalue weighted by atomic mass is 15.5. The monoisotopic (exact) mass is 310 g/mol. The summed E-state index contributed by atoms with van der Waals surface area (Å²) < 4.78 is 0. The number of hydrogen-bond donors (Lipinski definition) is 2. The normalized spacial score (nSPS) is 13.3. The van der Waals surface area contributed by atoms with Crippen LogP contribution in [0.25, 0.3) is 10.9 Å². The predicted octanol–water partition coefficient (Wildman–Crippen LogP) is 3.29. The smallest absolute Gasteiger partial charge is 0.182 e. The molecule has 6 nitrogen and oxygen atoms in total. The van der Waals surface area contributed by atoms with Gasteiger partial charge in [0.05, 0.1) is 11.4 Å². The number of nitrogens with one attached hydrogen (secondary N) is 1. The molecule has 1 aromatic carbocycles. The van der Waals surface area contributed by atoms with Crippen molar-refractivity contribution in [2.75, 3.05) is 5.73 Å². The second-order valence-electron chi connectivity index (χ2n) is 7.08. The van der Waals surface area contributed by atoms with Crippen molar-refractivity contribution in [1.82, 2.24) is 25.6 Å². The number of rotatable bonds is 4. The van der Waals surface area contributed by atoms with Gasteiger partial charge in [-0.2, -0.15) is 5.21 Å². The number of nitrogen functional groups attached to an aromatic ring is 1. The lowest BCUT2D eigenvalue weighted by Crippen LogP contribution is -2.13. The summed E-state index contributed by atoms with van der Waals surface area (Å²) in [5, 5.41) is 15.7. The lowest BCUT2D eigenvalue weighted by molar-refractivity contribution is 0.354. The average molecular weight is 310 g/mol. The fourth-order valence-electron chi connectivity index (χ4n) is 2.74. The van der Waals surface area contributed by atoms with Crippen molar-refractivity contribution in [3.8, 4) is 0 Å². The first-order chi connectivity index (χ1) is 10.9. The molecule has 0 aliphatic heterocycles. The van der Waals surface area contributed by atoms with Crippen molar-refractivity contribution in [2.24, 2.45) is 5.41 Å². The molecule has 0 bridgehead atoms. The summed E-state index contributed by atoms with van der Waals surface area (Å²) in [5.41, 5.74) is 8.33. The standard InChI is InChI=1S/C17H22N6/c1-17(2,3)9-8-12(16-20-22-23-21-16)13-10-11-6-4-5-7-14(11)19-15(13)18/h4-7,10,12H,8-9H2,1-3H3,(H2,18,19)(H,20,21,22,23). The highest BCUT2D eigenvalue weighted by Crippen LogP contribution is 2.35. The van der Waals surface area contributed by atoms with E-state index in [1.807, 2.05) is 24.3 Å². The molecule has 3 rings (SSSR count). The number of fused-ring (bicyclic) bond motifs is 1. The summed E-state index contributed by atoms with van der Waals surface area (Å²) in [6, 6.07) is 10.1. The van der Waals surface area contributed by atoms with Crippen molar-refractivity contribution in [2.45, 2.75) is 39.5 Å². The van der Waals surface area contributed by atoms with Gasteiger partial charge in [0.1, 0.15) is 5.82 Å². The van der Waals surface area contributed by atoms with Gasteiger partial charge in [0.25, 0.3) is 0 Å². The van der Waals surface area contributed by atoms with E-state index in [-0.39, 0.29) is 11.3 Å². The maximum absolute atomic E-state index is 6.24. The van der Waals surface area contributed by atoms with Crippen LogP contribution < -0.4 is 5.73 Å². The van der Waals surface area contributed by atoms with Gasteiger partial charge in [-0.25, -0.2) is 4.98 Å². The highest BCUT2D eigenvalue weighted by Gasteiger charge is 2.24. The topological polar surface area (TPSA) is 93.4 Å². The summed E-state index contributed by atoms with van der Waals surface area (Å²) >= 11 is 0. The molecule has 3 aromatic rings. The molecular formula is C17H22N6. The number of hydrogen-bond acceptors (Lipinski definition) is 5. The van der Waals surface area contributed by atoms with Crippen molar-refractivity contribution < 1.29 is 0 Å². The summed E-state index contributed by atoms with van der Waals surface area (Å²) in [6.45, 7) is 6.67. The number of tetrazole rings is 1. The molecule has 0 spiro atoms. The molecule has 0 radical (unpaired) electrons. The van der Waals surface area contributed by atoms with Gasteiger partial charge in [-0.05, 0) is 30.4 Å². The van der Waals surface area contributed by atoms with E-state index < -0.39 is 0 Å². The number of benzene rings is 1. The number of nitrogens with zero attached hydrogens (tertiary/aromatic N) is 4. The van der Waals surface area contributed by atoms with Crippen LogP contribution in [0.15, 0.2) is 30.3 Å². The molecule has 1 atom stereocenters. The second-order valence-corrected chi connectivity index (χ2v) is 7.08. The zero-order chi connectivity index (χ0) is 16.4. The van der Waals surface area contributed by atoms with E-state index in [4.69, 9.17) is 5.73 Å². The largest absolute Gasteiger partial charge is 0.383 e. The molecule has 2 heterocycles. The minimum absolute atomic E-state index is 0.00918. The van der Waals surface area contributed by atoms with Gasteiger partial charge in [0, 0.05) is 10.9 Å². The summed E-state index contributed by atoms with van der Waals surface area (Å²) in [4.78, 5) is 4.54. The number of H-pyrrole nitrogens is 1. The first kappa shape index (κ1) is 15.4. The van der Waals surface area contributed by atoms with Crippen LogP contribution in [0.2, 0.25) is 0 Å². The third kappa shape index (κ3) is 3.47. The first-order valence-electron chi connectivity index (χ1n) is 7.82. The van der Waals surface area contributed by atoms with Crippen molar-refractivity contribution in [3.63, 3.8) is 0 Å². The zero-order valence-corrected chi connectivity index (χ0v) is 13.7. The molecule has 1 unspecified atom stereocenters. The number of anilines is 1. The first-order valence-corrected chi connectivity index (χ1v) is 7.82. The molecule has 120 valence electrons. The Morgan fingerprint density at radius 3 is 2.70 bits per heavy atom. The Labute approximate surface area is 135 Å². The Bertz CT molecular complexity index is 788. The SMILES string of the molecule is CC(C)(C)CCC(c1nn[nH]n1)c1cc2ccccc2nc1N. The fourth-order valence-corrected chi connectivity index (χ4v) is 2.74. The molecule has 2 aromatic heterocycles. The van der Waals surface area contributed by atoms with E-state index in [0.29, 0.717) is 11.6 Å². The Kier molecular flexibility index (Phi) is 3.98. The van der Waals surface area contributed by atoms with E-state index in [2.05, 4.69) is 52.4 Å². The Morgan fingerprint density at radius 1 is 1.22 bits per heavy atom. The van der Waals surface area contributed by atoms with Crippen LogP contribution >= 0.6 is 0 Å². The van der Waals surface area contributed by atoms with E-state index in [9.17, 15) is 0 Å². The van der Waals surface area contributed by atoms with Crippen LogP contribution in [-0.2, 0) is 0 Å². The van der Waals surface area contributed by atoms with E-state index in [1.165, 1.54) is 0 Å². The average Bonchev–Trinajstić information content (AvgIpc) is 3.01. The molecule has 6 heteroatoms. The minimum atomic E-state index is -0.00918. The molecule has 0 saturated heterocycles. The van der Waals surface area contributed by atoms with Crippen molar-refractivity contribution in [3.05, 3.63) is 41.7 Å². The molecule has 23 heavy (non-hydrogen) atoms. The van der Waals surface area contributed by atoms with Crippen LogP contribution in [0.5, 0.6) is 0 Å². The number of pyridine rings is 1. The molecule has 3 N–H and O–H groups in total. The maximum Gasteiger partial charge on any atom is 0.182 e. The molecule has 0 fully saturated rings. The van der Waals surface area contributed by atoms with Gasteiger partial charge in [0.2, 0.25) is 0 Å². The Morgan fingerprint density at radius 2 is 2.00 bits per heavy atom. The van der Waals surface area contributed by atoms with Gasteiger partial charge in [-0.1, -0.05) is 44.2 Å². The Hall–Kier alpha value is -2.50. The van der Waals surface area contributed by atoms with Gasteiger partial charge in [-0.15, -0.1) is 10.2 Å². The van der Waals surface area contributed by atoms with E-state index in [1.54, 1.807) is 0 Å². The molecule has 0 saturated carbocycles. The number of nitrogens with two attached hydrogens (primary N) is 1. The quantitative estimate of drug-likeness (QED) is 0.771. The van der Waals surface area contributed by atoms with Crippen LogP contribution in [0.4, 0.5) is 5.82 Å². The van der Waals surface area contributed by atoms with E-state index in [0.717, 1.165) is 29.3 Å². The second kappa shape index (κ2) is 5.95. The van der Waals surface area contributed by atoms with Crippen molar-refractivity contribution >= 4 is 16.7 Å². The van der Waals surface area contributed by atoms with Gasteiger partial charge in [0.15, 0.2) is 5.82 Å². The molecular weight excluding hydrogens is 288 g/mol. The zero-order valence-electron chi connectivity index (χ0n) is 13.7. The fraction of sp³-hybridized carbons (Fsp3) is 0.412. The van der Waals surface area contributed by atoms with Crippen LogP contribution in [0.3, 0.4) is 0 Å². The lowest BCUT2D eigenvalue weighted by Gasteiger charge is -2.22. The van der Waals surface area contributed by atoms with Gasteiger partial charge < -0.3 is 5.73 Å². The van der Waals surface area contributed by atoms with E-state index >= 15 is 0 Å². The minimum Gasteiger partial charge on any atom is -0.383 e. The number of aromatic nitrogens is 5. The Balaban J connectivity index is 2.03. The van der Waals surface area contributed by atoms with Crippen LogP contribution in [-0.4, -0.2) is 25.6 Å². The molecule has 0 aliphatic carbocycles. The van der Waals surface area contributed by atoms with Crippen LogP contribution in [0, 0.1) is 5.41 Å². The summed E-state index contributed by atoms with van der Waals surface area (Å²) in [6.07, 6.45) is 1.92. The summed E-state index contributed by atoms with van der Waals surface area (Å²) in [7, 11) is 0. The van der Waals surface area contributed by atoms with Gasteiger partial charge >= 0.3 is 0 Å². The molecule has 0 amide bonds. The predicted molar refractivity (Wildman–Crippen MR) is 90.9 cm³/mol. The lowest BCUT2D eigenvalue weighted by atomic mass is 9.84. The number of para-hydroxylation sites is 1.